The van der Waals surface area contributed by atoms with E-state index < -0.39 is 0 Å². The normalized spacial score (nSPS) is 19.1. The average Bonchev–Trinajstić information content (AvgIpc) is 3.37. The maximum absolute atomic E-state index is 12.9. The zero-order valence-corrected chi connectivity index (χ0v) is 17.0. The van der Waals surface area contributed by atoms with Gasteiger partial charge < -0.3 is 10.6 Å². The monoisotopic (exact) mass is 393 g/mol. The van der Waals surface area contributed by atoms with Gasteiger partial charge in [-0.25, -0.2) is 9.97 Å². The first-order chi connectivity index (χ1) is 14.0. The molecule has 2 aliphatic heterocycles. The van der Waals surface area contributed by atoms with Gasteiger partial charge >= 0.3 is 0 Å². The smallest absolute Gasteiger partial charge is 0.253 e. The molecule has 4 rings (SSSR count). The van der Waals surface area contributed by atoms with E-state index in [2.05, 4.69) is 20.0 Å². The number of nitrogen functional groups attached to an aromatic ring is 1. The average molecular weight is 393 g/mol. The Morgan fingerprint density at radius 1 is 1.24 bits per heavy atom. The lowest BCUT2D eigenvalue weighted by molar-refractivity contribution is 0.0779. The van der Waals surface area contributed by atoms with E-state index in [0.29, 0.717) is 24.7 Å². The Kier molecular flexibility index (Phi) is 5.44. The zero-order valence-electron chi connectivity index (χ0n) is 17.0. The van der Waals surface area contributed by atoms with Gasteiger partial charge in [0.05, 0.1) is 12.2 Å². The summed E-state index contributed by atoms with van der Waals surface area (Å²) in [6, 6.07) is 9.72. The van der Waals surface area contributed by atoms with Gasteiger partial charge in [-0.2, -0.15) is 5.10 Å². The fourth-order valence-electron chi connectivity index (χ4n) is 3.85. The first-order valence-corrected chi connectivity index (χ1v) is 9.98. The van der Waals surface area contributed by atoms with Crippen molar-refractivity contribution in [2.24, 2.45) is 5.10 Å². The number of likely N-dealkylation sites (N-methyl/N-ethyl adjacent to an activating group) is 1. The van der Waals surface area contributed by atoms with Crippen LogP contribution in [0.15, 0.2) is 41.6 Å². The summed E-state index contributed by atoms with van der Waals surface area (Å²) in [5, 5.41) is 6.50. The molecule has 152 valence electrons. The van der Waals surface area contributed by atoms with Crippen molar-refractivity contribution in [3.8, 4) is 0 Å². The van der Waals surface area contributed by atoms with E-state index in [9.17, 15) is 4.79 Å². The Balaban J connectivity index is 1.35. The van der Waals surface area contributed by atoms with E-state index in [1.807, 2.05) is 48.1 Å². The van der Waals surface area contributed by atoms with E-state index in [4.69, 9.17) is 5.73 Å². The Morgan fingerprint density at radius 2 is 2.03 bits per heavy atom. The number of carbonyl (C=O) groups excluding carboxylic acids is 1. The number of nitrogens with two attached hydrogens (primary N) is 1. The molecule has 1 aromatic heterocycles. The van der Waals surface area contributed by atoms with Crippen LogP contribution in [0.1, 0.15) is 35.9 Å². The quantitative estimate of drug-likeness (QED) is 0.835. The summed E-state index contributed by atoms with van der Waals surface area (Å²) in [4.78, 5) is 25.6. The minimum absolute atomic E-state index is 0.0776. The second-order valence-corrected chi connectivity index (χ2v) is 7.76. The largest absolute Gasteiger partial charge is 0.384 e. The molecule has 1 aromatic carbocycles. The molecule has 0 unspecified atom stereocenters. The third-order valence-electron chi connectivity index (χ3n) is 5.58. The second-order valence-electron chi connectivity index (χ2n) is 7.76. The van der Waals surface area contributed by atoms with Crippen molar-refractivity contribution >= 4 is 23.1 Å². The number of aromatic nitrogens is 2. The standard InChI is InChI=1S/C21H27N7O/c1-15-8-12-28(25-15)17-5-3-16(4-6-17)21(29)27-11-9-18(13-27)26(2)14-20-23-10-7-19(22)24-20/h3-7,10,18H,8-9,11-14H2,1-2H3,(H2,22,23,24)/t18-/m0/s1. The van der Waals surface area contributed by atoms with Gasteiger partial charge in [0.1, 0.15) is 11.6 Å². The molecule has 0 radical (unpaired) electrons. The maximum atomic E-state index is 12.9. The SMILES string of the molecule is CC1=NN(c2ccc(C(=O)N3CC[C@H](N(C)Cc4nccc(N)n4)C3)cc2)CC1. The summed E-state index contributed by atoms with van der Waals surface area (Å²) in [5.74, 6) is 1.26. The van der Waals surface area contributed by atoms with Crippen molar-refractivity contribution in [3.05, 3.63) is 47.9 Å². The molecule has 1 amide bonds. The third kappa shape index (κ3) is 4.37. The lowest BCUT2D eigenvalue weighted by atomic mass is 10.1. The Bertz CT molecular complexity index is 912. The highest BCUT2D eigenvalue weighted by Gasteiger charge is 2.29. The predicted octanol–water partition coefficient (Wildman–Crippen LogP) is 1.99. The highest BCUT2D eigenvalue weighted by atomic mass is 16.2. The summed E-state index contributed by atoms with van der Waals surface area (Å²) in [6.07, 6.45) is 3.60. The number of hydrogen-bond acceptors (Lipinski definition) is 7. The summed E-state index contributed by atoms with van der Waals surface area (Å²) in [5.41, 5.74) is 8.62. The topological polar surface area (TPSA) is 91.0 Å². The van der Waals surface area contributed by atoms with Crippen LogP contribution >= 0.6 is 0 Å². The van der Waals surface area contributed by atoms with Crippen LogP contribution in [0.3, 0.4) is 0 Å². The van der Waals surface area contributed by atoms with E-state index >= 15 is 0 Å². The minimum atomic E-state index is 0.0776. The van der Waals surface area contributed by atoms with Crippen molar-refractivity contribution in [3.63, 3.8) is 0 Å². The number of carbonyl (C=O) groups is 1. The Labute approximate surface area is 171 Å². The third-order valence-corrected chi connectivity index (χ3v) is 5.58. The lowest BCUT2D eigenvalue weighted by Gasteiger charge is -2.24. The lowest BCUT2D eigenvalue weighted by Crippen LogP contribution is -2.36. The van der Waals surface area contributed by atoms with Crippen LogP contribution in [0.25, 0.3) is 0 Å². The van der Waals surface area contributed by atoms with Crippen LogP contribution in [0.5, 0.6) is 0 Å². The summed E-state index contributed by atoms with van der Waals surface area (Å²) in [7, 11) is 2.04. The van der Waals surface area contributed by atoms with Gasteiger partial charge in [-0.1, -0.05) is 0 Å². The Morgan fingerprint density at radius 3 is 2.72 bits per heavy atom. The van der Waals surface area contributed by atoms with Crippen molar-refractivity contribution < 1.29 is 4.79 Å². The molecule has 1 fully saturated rings. The highest BCUT2D eigenvalue weighted by molar-refractivity contribution is 5.95. The second kappa shape index (κ2) is 8.16. The van der Waals surface area contributed by atoms with Crippen LogP contribution in [0.2, 0.25) is 0 Å². The predicted molar refractivity (Wildman–Crippen MR) is 114 cm³/mol. The Hall–Kier alpha value is -3.00. The van der Waals surface area contributed by atoms with Crippen LogP contribution in [0.4, 0.5) is 11.5 Å². The first-order valence-electron chi connectivity index (χ1n) is 9.98. The number of likely N-dealkylation sites (tertiary alicyclic amines) is 1. The number of nitrogens with zero attached hydrogens (tertiary/aromatic N) is 6. The minimum Gasteiger partial charge on any atom is -0.384 e. The molecule has 2 aliphatic rings. The molecule has 1 atom stereocenters. The number of anilines is 2. The molecule has 0 bridgehead atoms. The molecule has 29 heavy (non-hydrogen) atoms. The molecule has 2 aromatic rings. The number of amides is 1. The van der Waals surface area contributed by atoms with Gasteiger partial charge in [0.15, 0.2) is 0 Å². The van der Waals surface area contributed by atoms with Gasteiger partial charge in [0.25, 0.3) is 5.91 Å². The van der Waals surface area contributed by atoms with Crippen LogP contribution in [-0.2, 0) is 6.54 Å². The number of rotatable bonds is 5. The van der Waals surface area contributed by atoms with E-state index in [0.717, 1.165) is 42.9 Å². The molecule has 8 heteroatoms. The van der Waals surface area contributed by atoms with Crippen molar-refractivity contribution in [2.75, 3.05) is 37.4 Å². The number of benzene rings is 1. The summed E-state index contributed by atoms with van der Waals surface area (Å²) >= 11 is 0. The molecule has 0 spiro atoms. The molecular weight excluding hydrogens is 366 g/mol. The summed E-state index contributed by atoms with van der Waals surface area (Å²) in [6.45, 7) is 5.01. The molecule has 3 heterocycles. The van der Waals surface area contributed by atoms with Gasteiger partial charge in [-0.05, 0) is 50.7 Å². The zero-order chi connectivity index (χ0) is 20.4. The molecule has 0 aliphatic carbocycles. The molecule has 1 saturated heterocycles. The van der Waals surface area contributed by atoms with Crippen molar-refractivity contribution in [1.29, 1.82) is 0 Å². The van der Waals surface area contributed by atoms with Crippen LogP contribution in [0, 0.1) is 0 Å². The first kappa shape index (κ1) is 19.3. The van der Waals surface area contributed by atoms with E-state index in [-0.39, 0.29) is 11.9 Å². The maximum Gasteiger partial charge on any atom is 0.253 e. The summed E-state index contributed by atoms with van der Waals surface area (Å²) < 4.78 is 0. The van der Waals surface area contributed by atoms with Gasteiger partial charge in [-0.3, -0.25) is 14.7 Å². The highest BCUT2D eigenvalue weighted by Crippen LogP contribution is 2.22. The van der Waals surface area contributed by atoms with Gasteiger partial charge in [-0.15, -0.1) is 0 Å². The molecule has 0 saturated carbocycles. The van der Waals surface area contributed by atoms with Crippen molar-refractivity contribution in [2.45, 2.75) is 32.4 Å². The molecule has 8 nitrogen and oxygen atoms in total. The molecule has 2 N–H and O–H groups in total. The van der Waals surface area contributed by atoms with Gasteiger partial charge in [0, 0.05) is 49.6 Å². The van der Waals surface area contributed by atoms with Crippen molar-refractivity contribution in [1.82, 2.24) is 19.8 Å². The van der Waals surface area contributed by atoms with Crippen LogP contribution < -0.4 is 10.7 Å². The fourth-order valence-corrected chi connectivity index (χ4v) is 3.85. The van der Waals surface area contributed by atoms with Crippen LogP contribution in [-0.4, -0.2) is 64.1 Å². The van der Waals surface area contributed by atoms with E-state index in [1.54, 1.807) is 12.3 Å². The number of hydrogen-bond donors (Lipinski definition) is 1. The molecular formula is C21H27N7O. The van der Waals surface area contributed by atoms with Gasteiger partial charge in [0.2, 0.25) is 0 Å². The van der Waals surface area contributed by atoms with E-state index in [1.165, 1.54) is 0 Å². The number of hydrazone groups is 1. The fraction of sp³-hybridized carbons (Fsp3) is 0.429.